The van der Waals surface area contributed by atoms with Crippen LogP contribution in [0.3, 0.4) is 0 Å². The highest BCUT2D eigenvalue weighted by Crippen LogP contribution is 2.38. The van der Waals surface area contributed by atoms with E-state index >= 15 is 0 Å². The van der Waals surface area contributed by atoms with Crippen LogP contribution in [0.25, 0.3) is 0 Å². The molecule has 132 valence electrons. The Labute approximate surface area is 152 Å². The molecule has 0 aliphatic heterocycles. The van der Waals surface area contributed by atoms with E-state index < -0.39 is 0 Å². The fourth-order valence-corrected chi connectivity index (χ4v) is 3.84. The van der Waals surface area contributed by atoms with Crippen molar-refractivity contribution in [2.75, 3.05) is 5.75 Å². The number of nitrogens with one attached hydrogen (secondary N) is 1. The Morgan fingerprint density at radius 1 is 1.28 bits per heavy atom. The van der Waals surface area contributed by atoms with Gasteiger partial charge < -0.3 is 4.90 Å². The first-order chi connectivity index (χ1) is 12.2. The molecule has 2 aliphatic rings. The van der Waals surface area contributed by atoms with Gasteiger partial charge in [-0.3, -0.25) is 9.89 Å². The Morgan fingerprint density at radius 3 is 2.72 bits per heavy atom. The first kappa shape index (κ1) is 16.6. The van der Waals surface area contributed by atoms with E-state index in [2.05, 4.69) is 34.2 Å². The molecule has 1 unspecified atom stereocenters. The molecule has 2 aromatic rings. The molecule has 25 heavy (non-hydrogen) atoms. The first-order valence-electron chi connectivity index (χ1n) is 9.09. The number of amides is 1. The number of rotatable bonds is 8. The summed E-state index contributed by atoms with van der Waals surface area (Å²) in [5.74, 6) is 2.75. The molecule has 5 nitrogen and oxygen atoms in total. The van der Waals surface area contributed by atoms with Crippen LogP contribution in [0.1, 0.15) is 49.9 Å². The van der Waals surface area contributed by atoms with Crippen molar-refractivity contribution in [1.29, 1.82) is 0 Å². The molecule has 6 heteroatoms. The highest BCUT2D eigenvalue weighted by atomic mass is 32.2. The second kappa shape index (κ2) is 7.20. The minimum atomic E-state index is 0.172. The zero-order valence-electron chi connectivity index (χ0n) is 14.5. The number of aromatic nitrogens is 3. The van der Waals surface area contributed by atoms with E-state index in [0.29, 0.717) is 35.3 Å². The van der Waals surface area contributed by atoms with E-state index in [-0.39, 0.29) is 5.91 Å². The minimum Gasteiger partial charge on any atom is -0.335 e. The average Bonchev–Trinajstić information content (AvgIpc) is 3.56. The zero-order chi connectivity index (χ0) is 17.2. The fraction of sp³-hybridized carbons (Fsp3) is 0.526. The van der Waals surface area contributed by atoms with Gasteiger partial charge in [0.05, 0.1) is 5.75 Å². The number of H-pyrrole nitrogens is 1. The van der Waals surface area contributed by atoms with Crippen LogP contribution in [0, 0.1) is 5.92 Å². The predicted molar refractivity (Wildman–Crippen MR) is 98.3 cm³/mol. The predicted octanol–water partition coefficient (Wildman–Crippen LogP) is 3.60. The molecule has 0 radical (unpaired) electrons. The van der Waals surface area contributed by atoms with E-state index in [4.69, 9.17) is 0 Å². The molecule has 0 bridgehead atoms. The Balaban J connectivity index is 1.39. The van der Waals surface area contributed by atoms with E-state index in [1.165, 1.54) is 43.0 Å². The van der Waals surface area contributed by atoms with Crippen molar-refractivity contribution >= 4 is 17.7 Å². The van der Waals surface area contributed by atoms with Crippen LogP contribution in [0.5, 0.6) is 0 Å². The summed E-state index contributed by atoms with van der Waals surface area (Å²) in [5, 5.41) is 7.93. The molecule has 2 saturated carbocycles. The number of aromatic amines is 1. The van der Waals surface area contributed by atoms with Gasteiger partial charge in [0.2, 0.25) is 11.1 Å². The van der Waals surface area contributed by atoms with Crippen molar-refractivity contribution in [1.82, 2.24) is 20.1 Å². The maximum atomic E-state index is 12.9. The van der Waals surface area contributed by atoms with Gasteiger partial charge in [-0.1, -0.05) is 42.1 Å². The third-order valence-electron chi connectivity index (χ3n) is 5.08. The van der Waals surface area contributed by atoms with Gasteiger partial charge in [0.15, 0.2) is 0 Å². The molecule has 1 aromatic heterocycles. The summed E-state index contributed by atoms with van der Waals surface area (Å²) in [7, 11) is 0. The lowest BCUT2D eigenvalue weighted by atomic mass is 10.1. The molecule has 1 heterocycles. The van der Waals surface area contributed by atoms with Crippen LogP contribution in [0.15, 0.2) is 35.5 Å². The Hall–Kier alpha value is -1.82. The van der Waals surface area contributed by atoms with Gasteiger partial charge in [-0.2, -0.15) is 0 Å². The van der Waals surface area contributed by atoms with Crippen LogP contribution < -0.4 is 0 Å². The van der Waals surface area contributed by atoms with Crippen molar-refractivity contribution in [2.24, 2.45) is 5.92 Å². The molecule has 1 N–H and O–H groups in total. The molecular weight excluding hydrogens is 332 g/mol. The SMILES string of the molecule is CC(C1CC1)N(Cc1ccccc1)C(=O)CSc1n[nH]c(C2CC2)n1. The van der Waals surface area contributed by atoms with E-state index in [9.17, 15) is 4.79 Å². The number of nitrogens with zero attached hydrogens (tertiary/aromatic N) is 3. The highest BCUT2D eigenvalue weighted by molar-refractivity contribution is 7.99. The van der Waals surface area contributed by atoms with Gasteiger partial charge in [-0.15, -0.1) is 5.10 Å². The fourth-order valence-electron chi connectivity index (χ4n) is 3.14. The second-order valence-corrected chi connectivity index (χ2v) is 8.09. The summed E-state index contributed by atoms with van der Waals surface area (Å²) in [4.78, 5) is 19.4. The van der Waals surface area contributed by atoms with Crippen LogP contribution in [-0.4, -0.2) is 37.8 Å². The van der Waals surface area contributed by atoms with Crippen LogP contribution in [0.2, 0.25) is 0 Å². The molecule has 0 saturated heterocycles. The summed E-state index contributed by atoms with van der Waals surface area (Å²) in [5.41, 5.74) is 1.18. The quantitative estimate of drug-likeness (QED) is 0.734. The Morgan fingerprint density at radius 2 is 2.04 bits per heavy atom. The monoisotopic (exact) mass is 356 g/mol. The average molecular weight is 356 g/mol. The highest BCUT2D eigenvalue weighted by Gasteiger charge is 2.34. The molecule has 2 fully saturated rings. The van der Waals surface area contributed by atoms with Gasteiger partial charge >= 0.3 is 0 Å². The van der Waals surface area contributed by atoms with Crippen LogP contribution in [-0.2, 0) is 11.3 Å². The maximum absolute atomic E-state index is 12.9. The van der Waals surface area contributed by atoms with Gasteiger partial charge in [-0.05, 0) is 44.1 Å². The number of hydrogen-bond acceptors (Lipinski definition) is 4. The van der Waals surface area contributed by atoms with Gasteiger partial charge in [0, 0.05) is 18.5 Å². The summed E-state index contributed by atoms with van der Waals surface area (Å²) in [6.45, 7) is 2.86. The Kier molecular flexibility index (Phi) is 4.79. The smallest absolute Gasteiger partial charge is 0.233 e. The van der Waals surface area contributed by atoms with Crippen molar-refractivity contribution in [2.45, 2.75) is 56.3 Å². The van der Waals surface area contributed by atoms with Crippen molar-refractivity contribution < 1.29 is 4.79 Å². The van der Waals surface area contributed by atoms with Crippen LogP contribution >= 0.6 is 11.8 Å². The molecule has 4 rings (SSSR count). The molecular formula is C19H24N4OS. The maximum Gasteiger partial charge on any atom is 0.233 e. The molecule has 0 spiro atoms. The number of thioether (sulfide) groups is 1. The van der Waals surface area contributed by atoms with E-state index in [1.54, 1.807) is 0 Å². The molecule has 2 aliphatic carbocycles. The Bertz CT molecular complexity index is 724. The first-order valence-corrected chi connectivity index (χ1v) is 10.1. The third kappa shape index (κ3) is 4.24. The second-order valence-electron chi connectivity index (χ2n) is 7.15. The largest absolute Gasteiger partial charge is 0.335 e. The number of benzene rings is 1. The zero-order valence-corrected chi connectivity index (χ0v) is 15.3. The molecule has 1 amide bonds. The molecule has 1 atom stereocenters. The summed E-state index contributed by atoms with van der Waals surface area (Å²) < 4.78 is 0. The van der Waals surface area contributed by atoms with Crippen molar-refractivity contribution in [3.63, 3.8) is 0 Å². The number of carbonyl (C=O) groups is 1. The lowest BCUT2D eigenvalue weighted by Gasteiger charge is -2.29. The van der Waals surface area contributed by atoms with Crippen molar-refractivity contribution in [3.05, 3.63) is 41.7 Å². The van der Waals surface area contributed by atoms with Gasteiger partial charge in [0.25, 0.3) is 0 Å². The lowest BCUT2D eigenvalue weighted by Crippen LogP contribution is -2.40. The van der Waals surface area contributed by atoms with E-state index in [0.717, 1.165) is 5.82 Å². The summed E-state index contributed by atoms with van der Waals surface area (Å²) >= 11 is 1.44. The number of carbonyl (C=O) groups excluding carboxylic acids is 1. The van der Waals surface area contributed by atoms with Crippen molar-refractivity contribution in [3.8, 4) is 0 Å². The minimum absolute atomic E-state index is 0.172. The third-order valence-corrected chi connectivity index (χ3v) is 5.91. The summed E-state index contributed by atoms with van der Waals surface area (Å²) in [6, 6.07) is 10.5. The van der Waals surface area contributed by atoms with Gasteiger partial charge in [0.1, 0.15) is 5.82 Å². The number of hydrogen-bond donors (Lipinski definition) is 1. The normalized spacial score (nSPS) is 18.1. The lowest BCUT2D eigenvalue weighted by molar-refractivity contribution is -0.131. The topological polar surface area (TPSA) is 61.9 Å². The van der Waals surface area contributed by atoms with E-state index in [1.807, 2.05) is 23.1 Å². The van der Waals surface area contributed by atoms with Crippen LogP contribution in [0.4, 0.5) is 0 Å². The van der Waals surface area contributed by atoms with Gasteiger partial charge in [-0.25, -0.2) is 4.98 Å². The standard InChI is InChI=1S/C19H24N4OS/c1-13(15-7-8-15)23(11-14-5-3-2-4-6-14)17(24)12-25-19-20-18(21-22-19)16-9-10-16/h2-6,13,15-16H,7-12H2,1H3,(H,20,21,22). The summed E-state index contributed by atoms with van der Waals surface area (Å²) in [6.07, 6.45) is 4.86. The molecule has 1 aromatic carbocycles.